The quantitative estimate of drug-likeness (QED) is 0.572. The number of halogens is 3. The molecule has 3 aromatic rings. The van der Waals surface area contributed by atoms with Gasteiger partial charge in [-0.05, 0) is 31.9 Å². The first-order valence-electron chi connectivity index (χ1n) is 12.2. The van der Waals surface area contributed by atoms with Gasteiger partial charge in [-0.25, -0.2) is 13.2 Å². The van der Waals surface area contributed by atoms with Gasteiger partial charge in [0.1, 0.15) is 28.7 Å². The zero-order valence-corrected chi connectivity index (χ0v) is 20.2. The molecule has 1 spiro atoms. The van der Waals surface area contributed by atoms with E-state index in [1.165, 1.54) is 6.20 Å². The fourth-order valence-electron chi connectivity index (χ4n) is 5.51. The molecule has 1 N–H and O–H groups in total. The van der Waals surface area contributed by atoms with Crippen LogP contribution in [0.25, 0.3) is 0 Å². The van der Waals surface area contributed by atoms with Crippen LogP contribution in [0.3, 0.4) is 0 Å². The minimum Gasteiger partial charge on any atom is -0.348 e. The van der Waals surface area contributed by atoms with Gasteiger partial charge in [0.05, 0.1) is 16.8 Å². The van der Waals surface area contributed by atoms with Gasteiger partial charge in [0, 0.05) is 49.1 Å². The first kappa shape index (κ1) is 24.1. The molecule has 0 saturated carbocycles. The Bertz CT molecular complexity index is 1640. The largest absolute Gasteiger partial charge is 0.348 e. The van der Waals surface area contributed by atoms with Crippen LogP contribution in [0.15, 0.2) is 63.4 Å². The number of carbonyl (C=O) groups is 2. The molecule has 2 amide bonds. The summed E-state index contributed by atoms with van der Waals surface area (Å²) in [5, 5.41) is 3.79. The van der Waals surface area contributed by atoms with Crippen LogP contribution in [-0.2, 0) is 6.54 Å². The van der Waals surface area contributed by atoms with Gasteiger partial charge in [0.25, 0.3) is 11.8 Å². The average molecular weight is 521 g/mol. The number of hydrogen-bond acceptors (Lipinski definition) is 5. The number of amides is 2. The smallest absolute Gasteiger partial charge is 0.270 e. The zero-order chi connectivity index (χ0) is 26.8. The Kier molecular flexibility index (Phi) is 5.48. The molecule has 4 heterocycles. The predicted octanol–water partition coefficient (Wildman–Crippen LogP) is 2.02. The number of aromatic nitrogens is 1. The van der Waals surface area contributed by atoms with Crippen LogP contribution in [0.1, 0.15) is 52.2 Å². The van der Waals surface area contributed by atoms with E-state index in [0.717, 1.165) is 16.8 Å². The molecule has 3 aliphatic heterocycles. The van der Waals surface area contributed by atoms with Gasteiger partial charge in [0.15, 0.2) is 11.1 Å². The van der Waals surface area contributed by atoms with Crippen LogP contribution in [0, 0.1) is 17.5 Å². The molecule has 194 valence electrons. The van der Waals surface area contributed by atoms with Crippen molar-refractivity contribution < 1.29 is 22.8 Å². The van der Waals surface area contributed by atoms with Crippen molar-refractivity contribution in [3.05, 3.63) is 104 Å². The van der Waals surface area contributed by atoms with E-state index in [1.807, 2.05) is 31.2 Å². The number of fused-ring (bicyclic) bond motifs is 6. The van der Waals surface area contributed by atoms with E-state index in [-0.39, 0.29) is 29.8 Å². The SMILES string of the molecule is CC1CCC2(N=c3ccccc3=N2)C2CN1C(=O)c1cc(=O)c(C(=O)NCc3c(F)cc(F)cc3F)cn12. The van der Waals surface area contributed by atoms with Crippen LogP contribution in [-0.4, -0.2) is 39.5 Å². The lowest BCUT2D eigenvalue weighted by atomic mass is 9.94. The summed E-state index contributed by atoms with van der Waals surface area (Å²) in [6, 6.07) is 9.00. The summed E-state index contributed by atoms with van der Waals surface area (Å²) >= 11 is 0. The fraction of sp³-hybridized carbons (Fsp3) is 0.296. The van der Waals surface area contributed by atoms with Crippen LogP contribution in [0.4, 0.5) is 13.2 Å². The molecule has 0 aliphatic carbocycles. The Morgan fingerprint density at radius 3 is 2.39 bits per heavy atom. The number of para-hydroxylation sites is 2. The van der Waals surface area contributed by atoms with Gasteiger partial charge < -0.3 is 14.8 Å². The molecule has 2 unspecified atom stereocenters. The zero-order valence-electron chi connectivity index (χ0n) is 20.2. The lowest BCUT2D eigenvalue weighted by molar-refractivity contribution is 0.0587. The van der Waals surface area contributed by atoms with Crippen LogP contribution in [0.5, 0.6) is 0 Å². The summed E-state index contributed by atoms with van der Waals surface area (Å²) in [7, 11) is 0. The highest BCUT2D eigenvalue weighted by atomic mass is 19.1. The summed E-state index contributed by atoms with van der Waals surface area (Å²) in [6.45, 7) is 1.62. The van der Waals surface area contributed by atoms with E-state index in [2.05, 4.69) is 5.32 Å². The van der Waals surface area contributed by atoms with E-state index >= 15 is 0 Å². The summed E-state index contributed by atoms with van der Waals surface area (Å²) < 4.78 is 42.9. The number of rotatable bonds is 3. The Morgan fingerprint density at radius 2 is 1.74 bits per heavy atom. The molecular weight excluding hydrogens is 499 g/mol. The third-order valence-corrected chi connectivity index (χ3v) is 7.55. The highest BCUT2D eigenvalue weighted by Crippen LogP contribution is 2.41. The molecular formula is C27H22F3N5O3. The van der Waals surface area contributed by atoms with Gasteiger partial charge in [-0.3, -0.25) is 24.4 Å². The molecule has 1 saturated heterocycles. The van der Waals surface area contributed by atoms with Gasteiger partial charge >= 0.3 is 0 Å². The average Bonchev–Trinajstić information content (AvgIpc) is 3.20. The molecule has 8 nitrogen and oxygen atoms in total. The van der Waals surface area contributed by atoms with Gasteiger partial charge in [-0.2, -0.15) is 0 Å². The Balaban J connectivity index is 1.41. The van der Waals surface area contributed by atoms with Gasteiger partial charge in [0.2, 0.25) is 0 Å². The highest BCUT2D eigenvalue weighted by molar-refractivity contribution is 5.97. The second-order valence-corrected chi connectivity index (χ2v) is 9.83. The lowest BCUT2D eigenvalue weighted by Gasteiger charge is -2.40. The van der Waals surface area contributed by atoms with Crippen molar-refractivity contribution in [2.24, 2.45) is 9.98 Å². The molecule has 3 aliphatic rings. The van der Waals surface area contributed by atoms with Crippen molar-refractivity contribution >= 4 is 11.8 Å². The summed E-state index contributed by atoms with van der Waals surface area (Å²) in [5.74, 6) is -4.62. The highest BCUT2D eigenvalue weighted by Gasteiger charge is 2.49. The molecule has 2 atom stereocenters. The first-order valence-corrected chi connectivity index (χ1v) is 12.2. The summed E-state index contributed by atoms with van der Waals surface area (Å²) in [4.78, 5) is 50.9. The van der Waals surface area contributed by atoms with E-state index in [1.54, 1.807) is 9.47 Å². The molecule has 6 rings (SSSR count). The second-order valence-electron chi connectivity index (χ2n) is 9.83. The lowest BCUT2D eigenvalue weighted by Crippen LogP contribution is -2.51. The number of nitrogens with one attached hydrogen (secondary N) is 1. The number of nitrogens with zero attached hydrogens (tertiary/aromatic N) is 4. The van der Waals surface area contributed by atoms with E-state index in [0.29, 0.717) is 25.0 Å². The summed E-state index contributed by atoms with van der Waals surface area (Å²) in [6.07, 6.45) is 2.49. The maximum atomic E-state index is 14.0. The Hall–Kier alpha value is -4.28. The number of hydrogen-bond donors (Lipinski definition) is 1. The minimum absolute atomic E-state index is 0.106. The topological polar surface area (TPSA) is 96.1 Å². The van der Waals surface area contributed by atoms with Crippen molar-refractivity contribution in [3.63, 3.8) is 0 Å². The van der Waals surface area contributed by atoms with Gasteiger partial charge in [-0.15, -0.1) is 0 Å². The monoisotopic (exact) mass is 521 g/mol. The molecule has 2 aromatic carbocycles. The van der Waals surface area contributed by atoms with Gasteiger partial charge in [-0.1, -0.05) is 12.1 Å². The molecule has 1 aromatic heterocycles. The molecule has 11 heteroatoms. The van der Waals surface area contributed by atoms with E-state index in [9.17, 15) is 27.6 Å². The molecule has 2 bridgehead atoms. The maximum Gasteiger partial charge on any atom is 0.270 e. The predicted molar refractivity (Wildman–Crippen MR) is 128 cm³/mol. The Morgan fingerprint density at radius 1 is 1.08 bits per heavy atom. The first-order chi connectivity index (χ1) is 18.2. The molecule has 0 radical (unpaired) electrons. The Labute approximate surface area is 214 Å². The van der Waals surface area contributed by atoms with Crippen molar-refractivity contribution in [3.8, 4) is 0 Å². The van der Waals surface area contributed by atoms with E-state index < -0.39 is 52.6 Å². The number of benzene rings is 2. The van der Waals surface area contributed by atoms with Crippen LogP contribution < -0.4 is 21.5 Å². The third-order valence-electron chi connectivity index (χ3n) is 7.55. The van der Waals surface area contributed by atoms with Crippen molar-refractivity contribution in [2.45, 2.75) is 44.1 Å². The molecule has 38 heavy (non-hydrogen) atoms. The van der Waals surface area contributed by atoms with Crippen LogP contribution in [0.2, 0.25) is 0 Å². The van der Waals surface area contributed by atoms with Crippen molar-refractivity contribution in [2.75, 3.05) is 6.54 Å². The second kappa shape index (κ2) is 8.64. The maximum absolute atomic E-state index is 14.0. The van der Waals surface area contributed by atoms with Crippen LogP contribution >= 0.6 is 0 Å². The summed E-state index contributed by atoms with van der Waals surface area (Å²) in [5.41, 5.74) is -2.38. The number of carbonyl (C=O) groups excluding carboxylic acids is 2. The number of pyridine rings is 1. The fourth-order valence-corrected chi connectivity index (χ4v) is 5.51. The van der Waals surface area contributed by atoms with Crippen molar-refractivity contribution in [1.82, 2.24) is 14.8 Å². The van der Waals surface area contributed by atoms with Crippen molar-refractivity contribution in [1.29, 1.82) is 0 Å². The minimum atomic E-state index is -1.16. The standard InChI is InChI=1S/C27H22F3N5O3/c1-14-6-7-27(32-20-4-2-3-5-21(20)33-27)24-13-34(14)26(38)22-10-23(36)17(12-35(22)24)25(37)31-11-16-18(29)8-15(28)9-19(16)30/h2-5,8-10,12,14,24H,6-7,11,13H2,1H3,(H,31,37). The van der Waals surface area contributed by atoms with E-state index in [4.69, 9.17) is 9.98 Å². The normalized spacial score (nSPS) is 20.7. The molecule has 1 fully saturated rings. The third kappa shape index (κ3) is 3.72.